The molecule has 2 N–H and O–H groups in total. The van der Waals surface area contributed by atoms with Gasteiger partial charge < -0.3 is 10.2 Å². The van der Waals surface area contributed by atoms with Crippen molar-refractivity contribution in [1.29, 1.82) is 0 Å². The predicted molar refractivity (Wildman–Crippen MR) is 123 cm³/mol. The Morgan fingerprint density at radius 1 is 0.633 bits per heavy atom. The molecule has 0 spiro atoms. The number of hydrogen-bond donors (Lipinski definition) is 2. The minimum Gasteiger partial charge on any atom is -0.481 e. The molecule has 30 heavy (non-hydrogen) atoms. The van der Waals surface area contributed by atoms with E-state index in [2.05, 4.69) is 25.1 Å². The number of carboxylic acids is 2. The summed E-state index contributed by atoms with van der Waals surface area (Å²) in [5.74, 6) is -1.42. The minimum absolute atomic E-state index is 0.258. The molecule has 1 aromatic rings. The average Bonchev–Trinajstić information content (AvgIpc) is 2.70. The average molecular weight is 419 g/mol. The second kappa shape index (κ2) is 16.9. The number of carbonyl (C=O) groups is 2. The summed E-state index contributed by atoms with van der Waals surface area (Å²) in [6.45, 7) is 2.25. The standard InChI is InChI=1S/C26H42O4/c1-2-3-4-5-6-9-15-22-17-14-18-23(16-10-7-12-20-25(27)28)24(22)19-11-8-13-21-26(29)30/h14,17-18H,2-13,15-16,19-21H2,1H3,(H,27,28)(H,29,30). The first kappa shape index (κ1) is 26.2. The monoisotopic (exact) mass is 418 g/mol. The number of hydrogen-bond acceptors (Lipinski definition) is 2. The Kier molecular flexibility index (Phi) is 14.8. The van der Waals surface area contributed by atoms with Gasteiger partial charge in [0.05, 0.1) is 0 Å². The fraction of sp³-hybridized carbons (Fsp3) is 0.692. The highest BCUT2D eigenvalue weighted by atomic mass is 16.4. The highest BCUT2D eigenvalue weighted by molar-refractivity contribution is 5.66. The molecule has 0 heterocycles. The lowest BCUT2D eigenvalue weighted by Gasteiger charge is -2.15. The maximum absolute atomic E-state index is 10.7. The summed E-state index contributed by atoms with van der Waals surface area (Å²) in [7, 11) is 0. The molecule has 1 rings (SSSR count). The molecule has 170 valence electrons. The van der Waals surface area contributed by atoms with Gasteiger partial charge in [-0.15, -0.1) is 0 Å². The Morgan fingerprint density at radius 3 is 1.57 bits per heavy atom. The van der Waals surface area contributed by atoms with E-state index in [-0.39, 0.29) is 12.8 Å². The lowest BCUT2D eigenvalue weighted by molar-refractivity contribution is -0.138. The molecule has 0 aliphatic heterocycles. The normalized spacial score (nSPS) is 11.0. The summed E-state index contributed by atoms with van der Waals surface area (Å²) in [4.78, 5) is 21.4. The van der Waals surface area contributed by atoms with Crippen molar-refractivity contribution in [2.45, 2.75) is 116 Å². The first-order chi connectivity index (χ1) is 14.5. The summed E-state index contributed by atoms with van der Waals surface area (Å²) in [6.07, 6.45) is 16.9. The predicted octanol–water partition coefficient (Wildman–Crippen LogP) is 6.96. The van der Waals surface area contributed by atoms with E-state index >= 15 is 0 Å². The number of rotatable bonds is 19. The molecular weight excluding hydrogens is 376 g/mol. The van der Waals surface area contributed by atoms with Crippen molar-refractivity contribution in [3.8, 4) is 0 Å². The molecule has 0 atom stereocenters. The minimum atomic E-state index is -0.710. The van der Waals surface area contributed by atoms with Crippen molar-refractivity contribution in [3.05, 3.63) is 34.9 Å². The van der Waals surface area contributed by atoms with E-state index in [4.69, 9.17) is 10.2 Å². The zero-order chi connectivity index (χ0) is 22.0. The molecule has 0 radical (unpaired) electrons. The largest absolute Gasteiger partial charge is 0.481 e. The number of unbranched alkanes of at least 4 members (excludes halogenated alkanes) is 9. The van der Waals surface area contributed by atoms with Crippen LogP contribution in [0.25, 0.3) is 0 Å². The van der Waals surface area contributed by atoms with Gasteiger partial charge in [0.1, 0.15) is 0 Å². The molecule has 0 unspecified atom stereocenters. The van der Waals surface area contributed by atoms with Crippen molar-refractivity contribution in [2.75, 3.05) is 0 Å². The molecule has 0 aliphatic rings. The van der Waals surface area contributed by atoms with Crippen LogP contribution in [-0.4, -0.2) is 22.2 Å². The van der Waals surface area contributed by atoms with Crippen LogP contribution in [0.3, 0.4) is 0 Å². The first-order valence-corrected chi connectivity index (χ1v) is 12.1. The Morgan fingerprint density at radius 2 is 1.07 bits per heavy atom. The van der Waals surface area contributed by atoms with Crippen molar-refractivity contribution in [3.63, 3.8) is 0 Å². The van der Waals surface area contributed by atoms with Crippen molar-refractivity contribution in [1.82, 2.24) is 0 Å². The lowest BCUT2D eigenvalue weighted by Crippen LogP contribution is -2.03. The van der Waals surface area contributed by atoms with Gasteiger partial charge in [0.15, 0.2) is 0 Å². The summed E-state index contributed by atoms with van der Waals surface area (Å²) in [5, 5.41) is 17.6. The molecular formula is C26H42O4. The Hall–Kier alpha value is -1.84. The van der Waals surface area contributed by atoms with Crippen LogP contribution in [0.5, 0.6) is 0 Å². The molecule has 0 amide bonds. The van der Waals surface area contributed by atoms with Gasteiger partial charge in [-0.3, -0.25) is 9.59 Å². The first-order valence-electron chi connectivity index (χ1n) is 12.1. The van der Waals surface area contributed by atoms with Crippen LogP contribution in [0, 0.1) is 0 Å². The number of aliphatic carboxylic acids is 2. The Balaban J connectivity index is 2.61. The van der Waals surface area contributed by atoms with E-state index < -0.39 is 11.9 Å². The van der Waals surface area contributed by atoms with Crippen LogP contribution < -0.4 is 0 Å². The number of aryl methyl sites for hydroxylation is 2. The number of carboxylic acid groups (broad SMARTS) is 2. The molecule has 1 aromatic carbocycles. The lowest BCUT2D eigenvalue weighted by atomic mass is 9.90. The SMILES string of the molecule is CCCCCCCCc1cccc(CCCCCC(=O)O)c1CCCCCC(=O)O. The van der Waals surface area contributed by atoms with Crippen molar-refractivity contribution >= 4 is 11.9 Å². The van der Waals surface area contributed by atoms with E-state index in [0.717, 1.165) is 57.8 Å². The Bertz CT molecular complexity index is 609. The third-order valence-corrected chi connectivity index (χ3v) is 5.82. The Labute approximate surface area is 183 Å². The van der Waals surface area contributed by atoms with E-state index in [1.54, 1.807) is 0 Å². The highest BCUT2D eigenvalue weighted by Gasteiger charge is 2.09. The summed E-state index contributed by atoms with van der Waals surface area (Å²) < 4.78 is 0. The van der Waals surface area contributed by atoms with Crippen molar-refractivity contribution in [2.24, 2.45) is 0 Å². The fourth-order valence-corrected chi connectivity index (χ4v) is 4.10. The van der Waals surface area contributed by atoms with Crippen LogP contribution in [0.15, 0.2) is 18.2 Å². The summed E-state index contributed by atoms with van der Waals surface area (Å²) in [6, 6.07) is 6.67. The van der Waals surface area contributed by atoms with Gasteiger partial charge in [-0.05, 0) is 68.1 Å². The maximum atomic E-state index is 10.7. The molecule has 4 heteroatoms. The van der Waals surface area contributed by atoms with Crippen LogP contribution in [0.4, 0.5) is 0 Å². The summed E-state index contributed by atoms with van der Waals surface area (Å²) in [5.41, 5.74) is 4.35. The molecule has 0 saturated heterocycles. The van der Waals surface area contributed by atoms with Gasteiger partial charge in [0.25, 0.3) is 0 Å². The van der Waals surface area contributed by atoms with E-state index in [0.29, 0.717) is 0 Å². The molecule has 0 bridgehead atoms. The maximum Gasteiger partial charge on any atom is 0.303 e. The van der Waals surface area contributed by atoms with Gasteiger partial charge in [-0.25, -0.2) is 0 Å². The van der Waals surface area contributed by atoms with E-state index in [1.165, 1.54) is 55.2 Å². The zero-order valence-electron chi connectivity index (χ0n) is 19.0. The van der Waals surface area contributed by atoms with Crippen LogP contribution in [-0.2, 0) is 28.9 Å². The molecule has 0 aliphatic carbocycles. The van der Waals surface area contributed by atoms with Crippen molar-refractivity contribution < 1.29 is 19.8 Å². The second-order valence-electron chi connectivity index (χ2n) is 8.48. The van der Waals surface area contributed by atoms with Gasteiger partial charge >= 0.3 is 11.9 Å². The molecule has 0 saturated carbocycles. The smallest absolute Gasteiger partial charge is 0.303 e. The van der Waals surface area contributed by atoms with E-state index in [9.17, 15) is 9.59 Å². The number of benzene rings is 1. The highest BCUT2D eigenvalue weighted by Crippen LogP contribution is 2.23. The van der Waals surface area contributed by atoms with Gasteiger partial charge in [0.2, 0.25) is 0 Å². The molecule has 4 nitrogen and oxygen atoms in total. The van der Waals surface area contributed by atoms with Gasteiger partial charge in [-0.2, -0.15) is 0 Å². The third-order valence-electron chi connectivity index (χ3n) is 5.82. The van der Waals surface area contributed by atoms with Gasteiger partial charge in [-0.1, -0.05) is 70.1 Å². The zero-order valence-corrected chi connectivity index (χ0v) is 19.0. The molecule has 0 fully saturated rings. The second-order valence-corrected chi connectivity index (χ2v) is 8.48. The van der Waals surface area contributed by atoms with Crippen LogP contribution in [0.1, 0.15) is 114 Å². The third kappa shape index (κ3) is 12.7. The topological polar surface area (TPSA) is 74.6 Å². The van der Waals surface area contributed by atoms with E-state index in [1.807, 2.05) is 0 Å². The van der Waals surface area contributed by atoms with Gasteiger partial charge in [0, 0.05) is 12.8 Å². The summed E-state index contributed by atoms with van der Waals surface area (Å²) >= 11 is 0. The molecule has 0 aromatic heterocycles. The quantitative estimate of drug-likeness (QED) is 0.238. The van der Waals surface area contributed by atoms with Crippen LogP contribution >= 0.6 is 0 Å². The van der Waals surface area contributed by atoms with Crippen LogP contribution in [0.2, 0.25) is 0 Å². The fourth-order valence-electron chi connectivity index (χ4n) is 4.10.